The number of hydrogen-bond donors (Lipinski definition) is 2. The first-order valence-corrected chi connectivity index (χ1v) is 10.5. The number of carboxylic acids is 1. The highest BCUT2D eigenvalue weighted by molar-refractivity contribution is 5.74. The van der Waals surface area contributed by atoms with E-state index in [9.17, 15) is 18.0 Å². The second-order valence-corrected chi connectivity index (χ2v) is 8.51. The zero-order chi connectivity index (χ0) is 23.2. The molecule has 1 aliphatic carbocycles. The van der Waals surface area contributed by atoms with Crippen molar-refractivity contribution in [3.05, 3.63) is 18.2 Å². The highest BCUT2D eigenvalue weighted by Crippen LogP contribution is 2.20. The third kappa shape index (κ3) is 7.71. The summed E-state index contributed by atoms with van der Waals surface area (Å²) in [5.41, 5.74) is 0. The number of carbonyl (C=O) groups is 2. The van der Waals surface area contributed by atoms with E-state index < -0.39 is 12.1 Å². The molecule has 0 aromatic carbocycles. The lowest BCUT2D eigenvalue weighted by Gasteiger charge is -2.30. The van der Waals surface area contributed by atoms with Crippen molar-refractivity contribution in [1.82, 2.24) is 24.7 Å². The molecule has 176 valence electrons. The molecule has 31 heavy (non-hydrogen) atoms. The molecule has 0 saturated heterocycles. The summed E-state index contributed by atoms with van der Waals surface area (Å²) in [5, 5.41) is 10.4. The molecule has 1 unspecified atom stereocenters. The third-order valence-corrected chi connectivity index (χ3v) is 5.71. The first-order chi connectivity index (χ1) is 14.5. The zero-order valence-corrected chi connectivity index (χ0v) is 18.2. The maximum atomic E-state index is 12.8. The number of aliphatic carboxylic acids is 1. The van der Waals surface area contributed by atoms with Crippen LogP contribution in [0.4, 0.5) is 18.0 Å². The summed E-state index contributed by atoms with van der Waals surface area (Å²) in [6.07, 6.45) is 3.50. The van der Waals surface area contributed by atoms with E-state index in [2.05, 4.69) is 40.7 Å². The summed E-state index contributed by atoms with van der Waals surface area (Å²) < 4.78 is 33.9. The van der Waals surface area contributed by atoms with Gasteiger partial charge in [0.15, 0.2) is 0 Å². The maximum absolute atomic E-state index is 12.8. The third-order valence-electron chi connectivity index (χ3n) is 5.71. The second kappa shape index (κ2) is 10.8. The fraction of sp³-hybridized carbons (Fsp3) is 0.750. The molecule has 1 aromatic rings. The Labute approximate surface area is 180 Å². The fourth-order valence-electron chi connectivity index (χ4n) is 3.77. The molecule has 1 aromatic heterocycles. The first kappa shape index (κ1) is 25.0. The summed E-state index contributed by atoms with van der Waals surface area (Å²) in [5.74, 6) is -1.35. The van der Waals surface area contributed by atoms with Gasteiger partial charge < -0.3 is 24.8 Å². The highest BCUT2D eigenvalue weighted by Gasteiger charge is 2.38. The molecular formula is C20H32F3N5O3. The number of alkyl halides is 3. The van der Waals surface area contributed by atoms with Gasteiger partial charge in [-0.05, 0) is 33.7 Å². The molecule has 1 fully saturated rings. The molecule has 0 bridgehead atoms. The van der Waals surface area contributed by atoms with Crippen LogP contribution in [0.3, 0.4) is 0 Å². The summed E-state index contributed by atoms with van der Waals surface area (Å²) in [7, 11) is 2.16. The minimum absolute atomic E-state index is 0.0792. The molecule has 0 spiro atoms. The number of imidazole rings is 1. The van der Waals surface area contributed by atoms with Crippen LogP contribution in [0, 0.1) is 5.92 Å². The normalized spacial score (nSPS) is 19.6. The Morgan fingerprint density at radius 1 is 1.29 bits per heavy atom. The standard InChI is InChI=1S/C18H31N5O.C2HF3O2/c1-14(2)21(3)10-15-11-22-9-8-19-17(22)13-23(12-15)18(24)20-16-6-4-5-7-16;3-2(4,5)1(6)7/h8-9,14-16H,4-7,10-13H2,1-3H3,(H,20,24);(H,6,7). The summed E-state index contributed by atoms with van der Waals surface area (Å²) in [4.78, 5) is 30.4. The number of rotatable bonds is 4. The number of nitrogens with one attached hydrogen (secondary N) is 1. The average molecular weight is 448 g/mol. The Kier molecular flexibility index (Phi) is 8.72. The van der Waals surface area contributed by atoms with Crippen molar-refractivity contribution >= 4 is 12.0 Å². The van der Waals surface area contributed by atoms with Gasteiger partial charge in [-0.3, -0.25) is 0 Å². The Balaban J connectivity index is 0.000000423. The predicted molar refractivity (Wildman–Crippen MR) is 108 cm³/mol. The van der Waals surface area contributed by atoms with E-state index in [0.29, 0.717) is 24.5 Å². The molecule has 1 saturated carbocycles. The van der Waals surface area contributed by atoms with Crippen LogP contribution < -0.4 is 5.32 Å². The molecular weight excluding hydrogens is 415 g/mol. The topological polar surface area (TPSA) is 90.7 Å². The molecule has 8 nitrogen and oxygen atoms in total. The quantitative estimate of drug-likeness (QED) is 0.741. The van der Waals surface area contributed by atoms with Crippen LogP contribution in [-0.2, 0) is 17.9 Å². The van der Waals surface area contributed by atoms with Gasteiger partial charge in [-0.15, -0.1) is 0 Å². The van der Waals surface area contributed by atoms with Crippen LogP contribution in [-0.4, -0.2) is 74.9 Å². The molecule has 2 heterocycles. The van der Waals surface area contributed by atoms with Crippen LogP contribution in [0.2, 0.25) is 0 Å². The van der Waals surface area contributed by atoms with Gasteiger partial charge in [0.25, 0.3) is 0 Å². The lowest BCUT2D eigenvalue weighted by molar-refractivity contribution is -0.192. The van der Waals surface area contributed by atoms with Crippen molar-refractivity contribution in [1.29, 1.82) is 0 Å². The number of amides is 2. The van der Waals surface area contributed by atoms with Crippen LogP contribution in [0.25, 0.3) is 0 Å². The van der Waals surface area contributed by atoms with Gasteiger partial charge in [0, 0.05) is 50.0 Å². The number of urea groups is 1. The Morgan fingerprint density at radius 3 is 2.45 bits per heavy atom. The molecule has 2 N–H and O–H groups in total. The van der Waals surface area contributed by atoms with Gasteiger partial charge in [0.1, 0.15) is 5.82 Å². The van der Waals surface area contributed by atoms with Crippen molar-refractivity contribution in [3.63, 3.8) is 0 Å². The fourth-order valence-corrected chi connectivity index (χ4v) is 3.77. The van der Waals surface area contributed by atoms with Crippen LogP contribution in [0.15, 0.2) is 12.4 Å². The van der Waals surface area contributed by atoms with Crippen LogP contribution >= 0.6 is 0 Å². The first-order valence-electron chi connectivity index (χ1n) is 10.5. The van der Waals surface area contributed by atoms with Gasteiger partial charge in [0.2, 0.25) is 0 Å². The highest BCUT2D eigenvalue weighted by atomic mass is 19.4. The summed E-state index contributed by atoms with van der Waals surface area (Å²) in [6.45, 7) is 7.74. The van der Waals surface area contributed by atoms with E-state index in [0.717, 1.165) is 38.3 Å². The van der Waals surface area contributed by atoms with E-state index in [1.165, 1.54) is 12.8 Å². The molecule has 3 rings (SSSR count). The van der Waals surface area contributed by atoms with E-state index in [1.54, 1.807) is 0 Å². The lowest BCUT2D eigenvalue weighted by atomic mass is 10.1. The summed E-state index contributed by atoms with van der Waals surface area (Å²) in [6, 6.07) is 0.948. The molecule has 1 aliphatic heterocycles. The monoisotopic (exact) mass is 447 g/mol. The van der Waals surface area contributed by atoms with Gasteiger partial charge in [-0.1, -0.05) is 12.8 Å². The largest absolute Gasteiger partial charge is 0.490 e. The molecule has 1 atom stereocenters. The van der Waals surface area contributed by atoms with E-state index >= 15 is 0 Å². The lowest BCUT2D eigenvalue weighted by Crippen LogP contribution is -2.46. The van der Waals surface area contributed by atoms with Crippen LogP contribution in [0.1, 0.15) is 45.4 Å². The smallest absolute Gasteiger partial charge is 0.475 e. The van der Waals surface area contributed by atoms with Crippen LogP contribution in [0.5, 0.6) is 0 Å². The Morgan fingerprint density at radius 2 is 1.90 bits per heavy atom. The van der Waals surface area contributed by atoms with Crippen molar-refractivity contribution in [3.8, 4) is 0 Å². The van der Waals surface area contributed by atoms with Gasteiger partial charge in [0.05, 0.1) is 6.54 Å². The number of carbonyl (C=O) groups excluding carboxylic acids is 1. The van der Waals surface area contributed by atoms with Crippen molar-refractivity contribution in [2.75, 3.05) is 20.1 Å². The molecule has 0 radical (unpaired) electrons. The molecule has 2 aliphatic rings. The van der Waals surface area contributed by atoms with Gasteiger partial charge in [-0.25, -0.2) is 14.6 Å². The molecule has 11 heteroatoms. The summed E-state index contributed by atoms with van der Waals surface area (Å²) >= 11 is 0. The van der Waals surface area contributed by atoms with Gasteiger partial charge in [-0.2, -0.15) is 13.2 Å². The number of nitrogens with zero attached hydrogens (tertiary/aromatic N) is 4. The zero-order valence-electron chi connectivity index (χ0n) is 18.2. The van der Waals surface area contributed by atoms with Gasteiger partial charge >= 0.3 is 18.2 Å². The maximum Gasteiger partial charge on any atom is 0.490 e. The predicted octanol–water partition coefficient (Wildman–Crippen LogP) is 2.94. The number of fused-ring (bicyclic) bond motifs is 1. The minimum atomic E-state index is -5.08. The Hall–Kier alpha value is -2.30. The van der Waals surface area contributed by atoms with E-state index in [1.807, 2.05) is 17.3 Å². The number of aromatic nitrogens is 2. The SMILES string of the molecule is CC(C)N(C)CC1CN(C(=O)NC2CCCC2)Cc2nccn2C1.O=C(O)C(F)(F)F. The molecule has 2 amide bonds. The van der Waals surface area contributed by atoms with E-state index in [4.69, 9.17) is 9.90 Å². The van der Waals surface area contributed by atoms with Crippen molar-refractivity contribution in [2.24, 2.45) is 5.92 Å². The van der Waals surface area contributed by atoms with Crippen molar-refractivity contribution < 1.29 is 27.9 Å². The number of carboxylic acid groups (broad SMARTS) is 1. The average Bonchev–Trinajstić information content (AvgIpc) is 3.30. The van der Waals surface area contributed by atoms with Crippen molar-refractivity contribution in [2.45, 2.75) is 70.9 Å². The minimum Gasteiger partial charge on any atom is -0.475 e. The Bertz CT molecular complexity index is 732. The van der Waals surface area contributed by atoms with E-state index in [-0.39, 0.29) is 6.03 Å². The second-order valence-electron chi connectivity index (χ2n) is 8.51. The number of hydrogen-bond acceptors (Lipinski definition) is 4. The number of halogens is 3.